The first kappa shape index (κ1) is 14.8. The van der Waals surface area contributed by atoms with Crippen molar-refractivity contribution in [3.05, 3.63) is 71.7 Å². The highest BCUT2D eigenvalue weighted by atomic mass is 19.1. The molecule has 1 amide bonds. The van der Waals surface area contributed by atoms with Gasteiger partial charge in [-0.15, -0.1) is 0 Å². The largest absolute Gasteiger partial charge is 0.306 e. The smallest absolute Gasteiger partial charge is 0.259 e. The summed E-state index contributed by atoms with van der Waals surface area (Å²) in [5.41, 5.74) is 1.11. The maximum absolute atomic E-state index is 13.6. The first-order valence-electron chi connectivity index (χ1n) is 6.78. The number of hydrogen-bond donors (Lipinski definition) is 1. The van der Waals surface area contributed by atoms with Gasteiger partial charge in [-0.2, -0.15) is 5.10 Å². The van der Waals surface area contributed by atoms with Crippen LogP contribution in [0.3, 0.4) is 0 Å². The highest BCUT2D eigenvalue weighted by Crippen LogP contribution is 2.18. The van der Waals surface area contributed by atoms with Crippen LogP contribution in [0.15, 0.2) is 48.8 Å². The van der Waals surface area contributed by atoms with E-state index >= 15 is 0 Å². The van der Waals surface area contributed by atoms with Crippen molar-refractivity contribution in [1.82, 2.24) is 14.8 Å². The van der Waals surface area contributed by atoms with Crippen LogP contribution in [0, 0.1) is 18.6 Å². The van der Waals surface area contributed by atoms with E-state index in [0.717, 1.165) is 6.20 Å². The fourth-order valence-corrected chi connectivity index (χ4v) is 2.11. The molecule has 0 bridgehead atoms. The summed E-state index contributed by atoms with van der Waals surface area (Å²) in [5.74, 6) is -1.35. The summed E-state index contributed by atoms with van der Waals surface area (Å²) in [6, 6.07) is 8.58. The topological polar surface area (TPSA) is 59.8 Å². The number of nitrogens with zero attached hydrogens (tertiary/aromatic N) is 3. The van der Waals surface area contributed by atoms with E-state index in [9.17, 15) is 13.6 Å². The number of aromatic nitrogens is 3. The first-order valence-corrected chi connectivity index (χ1v) is 6.78. The van der Waals surface area contributed by atoms with E-state index in [1.54, 1.807) is 13.0 Å². The summed E-state index contributed by atoms with van der Waals surface area (Å²) in [4.78, 5) is 15.8. The van der Waals surface area contributed by atoms with E-state index < -0.39 is 11.7 Å². The zero-order chi connectivity index (χ0) is 16.4. The van der Waals surface area contributed by atoms with Gasteiger partial charge in [0.15, 0.2) is 5.82 Å². The number of hydrogen-bond acceptors (Lipinski definition) is 3. The van der Waals surface area contributed by atoms with Crippen molar-refractivity contribution < 1.29 is 13.6 Å². The van der Waals surface area contributed by atoms with Gasteiger partial charge in [-0.25, -0.2) is 13.5 Å². The Labute approximate surface area is 130 Å². The Hall–Kier alpha value is -3.09. The molecule has 0 unspecified atom stereocenters. The quantitative estimate of drug-likeness (QED) is 0.808. The zero-order valence-corrected chi connectivity index (χ0v) is 12.1. The van der Waals surface area contributed by atoms with E-state index in [1.807, 2.05) is 0 Å². The lowest BCUT2D eigenvalue weighted by molar-refractivity contribution is 0.102. The van der Waals surface area contributed by atoms with Crippen LogP contribution in [0.2, 0.25) is 0 Å². The van der Waals surface area contributed by atoms with Crippen LogP contribution < -0.4 is 5.32 Å². The molecule has 1 N–H and O–H groups in total. The van der Waals surface area contributed by atoms with Crippen molar-refractivity contribution in [1.29, 1.82) is 0 Å². The predicted molar refractivity (Wildman–Crippen MR) is 80.4 cm³/mol. The third-order valence-electron chi connectivity index (χ3n) is 3.16. The summed E-state index contributed by atoms with van der Waals surface area (Å²) < 4.78 is 28.1. The molecular formula is C16H12F2N4O. The number of aryl methyl sites for hydroxylation is 1. The van der Waals surface area contributed by atoms with E-state index in [-0.39, 0.29) is 11.4 Å². The molecule has 0 spiro atoms. The molecule has 3 aromatic rings. The number of nitrogens with one attached hydrogen (secondary N) is 1. The Bertz CT molecular complexity index is 859. The van der Waals surface area contributed by atoms with Crippen molar-refractivity contribution in [2.75, 3.05) is 5.32 Å². The van der Waals surface area contributed by atoms with E-state index in [4.69, 9.17) is 0 Å². The highest BCUT2D eigenvalue weighted by molar-refractivity contribution is 6.04. The molecule has 0 saturated carbocycles. The molecule has 5 nitrogen and oxygen atoms in total. The van der Waals surface area contributed by atoms with Gasteiger partial charge in [-0.3, -0.25) is 9.78 Å². The van der Waals surface area contributed by atoms with E-state index in [1.165, 1.54) is 41.2 Å². The summed E-state index contributed by atoms with van der Waals surface area (Å²) in [6.07, 6.45) is 2.30. The third kappa shape index (κ3) is 3.08. The van der Waals surface area contributed by atoms with Gasteiger partial charge in [0.2, 0.25) is 0 Å². The van der Waals surface area contributed by atoms with Crippen molar-refractivity contribution in [3.63, 3.8) is 0 Å². The number of amides is 1. The van der Waals surface area contributed by atoms with Crippen molar-refractivity contribution in [3.8, 4) is 5.69 Å². The fraction of sp³-hybridized carbons (Fsp3) is 0.0625. The molecule has 0 aliphatic rings. The van der Waals surface area contributed by atoms with Gasteiger partial charge in [0, 0.05) is 12.3 Å². The Kier molecular flexibility index (Phi) is 3.84. The minimum absolute atomic E-state index is 0.121. The molecule has 7 heteroatoms. The summed E-state index contributed by atoms with van der Waals surface area (Å²) >= 11 is 0. The van der Waals surface area contributed by atoms with Crippen molar-refractivity contribution in [2.24, 2.45) is 0 Å². The van der Waals surface area contributed by atoms with Gasteiger partial charge < -0.3 is 5.32 Å². The number of halogens is 2. The number of rotatable bonds is 3. The minimum Gasteiger partial charge on any atom is -0.306 e. The normalized spacial score (nSPS) is 10.6. The lowest BCUT2D eigenvalue weighted by Gasteiger charge is -2.09. The number of pyridine rings is 1. The number of carbonyl (C=O) groups excluding carboxylic acids is 1. The second kappa shape index (κ2) is 5.96. The molecular weight excluding hydrogens is 302 g/mol. The minimum atomic E-state index is -0.713. The SMILES string of the molecule is Cc1cc(NC(=O)c2ccncc2F)n(-c2ccc(F)cc2)n1. The van der Waals surface area contributed by atoms with Gasteiger partial charge in [-0.1, -0.05) is 0 Å². The molecule has 23 heavy (non-hydrogen) atoms. The summed E-state index contributed by atoms with van der Waals surface area (Å²) in [6.45, 7) is 1.75. The molecule has 0 saturated heterocycles. The summed E-state index contributed by atoms with van der Waals surface area (Å²) in [5, 5.41) is 6.85. The lowest BCUT2D eigenvalue weighted by atomic mass is 10.2. The highest BCUT2D eigenvalue weighted by Gasteiger charge is 2.15. The average molecular weight is 314 g/mol. The van der Waals surface area contributed by atoms with E-state index in [2.05, 4.69) is 15.4 Å². The number of benzene rings is 1. The molecule has 0 aliphatic carbocycles. The van der Waals surface area contributed by atoms with Crippen molar-refractivity contribution >= 4 is 11.7 Å². The second-order valence-corrected chi connectivity index (χ2v) is 4.87. The van der Waals surface area contributed by atoms with E-state index in [0.29, 0.717) is 17.2 Å². The van der Waals surface area contributed by atoms with Crippen LogP contribution in [0.4, 0.5) is 14.6 Å². The van der Waals surface area contributed by atoms with Crippen molar-refractivity contribution in [2.45, 2.75) is 6.92 Å². The standard InChI is InChI=1S/C16H12F2N4O/c1-10-8-15(20-16(23)13-6-7-19-9-14(13)18)22(21-10)12-4-2-11(17)3-5-12/h2-9H,1H3,(H,20,23). The Morgan fingerprint density at radius 2 is 1.91 bits per heavy atom. The average Bonchev–Trinajstić information content (AvgIpc) is 2.89. The van der Waals surface area contributed by atoms with Gasteiger partial charge >= 0.3 is 0 Å². The predicted octanol–water partition coefficient (Wildman–Crippen LogP) is 3.11. The van der Waals surface area contributed by atoms with Gasteiger partial charge in [-0.05, 0) is 37.3 Å². The number of anilines is 1. The molecule has 3 rings (SSSR count). The molecule has 2 aromatic heterocycles. The monoisotopic (exact) mass is 314 g/mol. The maximum Gasteiger partial charge on any atom is 0.259 e. The maximum atomic E-state index is 13.6. The molecule has 0 radical (unpaired) electrons. The van der Waals surface area contributed by atoms with Gasteiger partial charge in [0.05, 0.1) is 23.1 Å². The second-order valence-electron chi connectivity index (χ2n) is 4.87. The van der Waals surface area contributed by atoms with Crippen LogP contribution in [0.1, 0.15) is 16.1 Å². The van der Waals surface area contributed by atoms with Crippen LogP contribution >= 0.6 is 0 Å². The Morgan fingerprint density at radius 1 is 1.17 bits per heavy atom. The van der Waals surface area contributed by atoms with Gasteiger partial charge in [0.1, 0.15) is 11.6 Å². The lowest BCUT2D eigenvalue weighted by Crippen LogP contribution is -2.16. The molecule has 1 aromatic carbocycles. The third-order valence-corrected chi connectivity index (χ3v) is 3.16. The molecule has 0 fully saturated rings. The Morgan fingerprint density at radius 3 is 2.61 bits per heavy atom. The van der Waals surface area contributed by atoms with Crippen LogP contribution in [-0.2, 0) is 0 Å². The fourth-order valence-electron chi connectivity index (χ4n) is 2.11. The molecule has 116 valence electrons. The van der Waals surface area contributed by atoms with Gasteiger partial charge in [0.25, 0.3) is 5.91 Å². The molecule has 2 heterocycles. The number of carbonyl (C=O) groups is 1. The van der Waals surface area contributed by atoms with Crippen LogP contribution in [0.5, 0.6) is 0 Å². The molecule has 0 aliphatic heterocycles. The van der Waals surface area contributed by atoms with Crippen LogP contribution in [-0.4, -0.2) is 20.7 Å². The Balaban J connectivity index is 1.93. The first-order chi connectivity index (χ1) is 11.0. The zero-order valence-electron chi connectivity index (χ0n) is 12.1. The summed E-state index contributed by atoms with van der Waals surface area (Å²) in [7, 11) is 0. The van der Waals surface area contributed by atoms with Crippen LogP contribution in [0.25, 0.3) is 5.69 Å². The molecule has 0 atom stereocenters.